The van der Waals surface area contributed by atoms with E-state index in [9.17, 15) is 19.8 Å². The summed E-state index contributed by atoms with van der Waals surface area (Å²) in [5.41, 5.74) is 1.20. The molecule has 1 amide bonds. The fourth-order valence-electron chi connectivity index (χ4n) is 4.61. The van der Waals surface area contributed by atoms with Crippen molar-refractivity contribution in [3.63, 3.8) is 0 Å². The van der Waals surface area contributed by atoms with E-state index in [0.29, 0.717) is 38.6 Å². The third-order valence-electron chi connectivity index (χ3n) is 6.44. The normalized spacial score (nSPS) is 15.5. The van der Waals surface area contributed by atoms with Crippen molar-refractivity contribution in [2.75, 3.05) is 19.1 Å². The molecule has 6 rings (SSSR count). The van der Waals surface area contributed by atoms with Crippen LogP contribution in [0, 0.1) is 0 Å². The molecule has 1 unspecified atom stereocenters. The summed E-state index contributed by atoms with van der Waals surface area (Å²) in [6.45, 7) is 0. The van der Waals surface area contributed by atoms with Gasteiger partial charge in [-0.05, 0) is 48.0 Å². The number of amides is 1. The van der Waals surface area contributed by atoms with E-state index in [4.69, 9.17) is 25.5 Å². The predicted molar refractivity (Wildman–Crippen MR) is 146 cm³/mol. The summed E-state index contributed by atoms with van der Waals surface area (Å²) < 4.78 is 17.2. The van der Waals surface area contributed by atoms with Crippen molar-refractivity contribution in [2.45, 2.75) is 6.04 Å². The van der Waals surface area contributed by atoms with E-state index >= 15 is 0 Å². The number of benzene rings is 3. The molecular weight excluding hydrogens is 544 g/mol. The molecule has 11 heteroatoms. The number of ether oxygens (including phenoxy) is 2. The highest BCUT2D eigenvalue weighted by atomic mass is 35.5. The number of methoxy groups -OCH3 is 2. The average molecular weight is 563 g/mol. The second-order valence-corrected chi connectivity index (χ2v) is 10.2. The van der Waals surface area contributed by atoms with E-state index < -0.39 is 23.5 Å². The number of carbonyl (C=O) groups excluding carboxylic acids is 2. The molecule has 0 spiro atoms. The number of aliphatic hydroxyl groups is 1. The molecule has 3 aromatic carbocycles. The number of rotatable bonds is 6. The number of carbonyl (C=O) groups is 2. The predicted octanol–water partition coefficient (Wildman–Crippen LogP) is 6.20. The Morgan fingerprint density at radius 3 is 2.54 bits per heavy atom. The summed E-state index contributed by atoms with van der Waals surface area (Å²) in [5.74, 6) is -1.36. The number of aromatic hydroxyl groups is 1. The molecule has 0 radical (unpaired) electrons. The zero-order chi connectivity index (χ0) is 27.4. The maximum Gasteiger partial charge on any atom is 0.296 e. The smallest absolute Gasteiger partial charge is 0.296 e. The highest BCUT2D eigenvalue weighted by Crippen LogP contribution is 2.45. The minimum absolute atomic E-state index is 0.00374. The molecule has 0 saturated heterocycles. The van der Waals surface area contributed by atoms with E-state index in [-0.39, 0.29) is 22.2 Å². The zero-order valence-electron chi connectivity index (χ0n) is 20.5. The van der Waals surface area contributed by atoms with Gasteiger partial charge in [0.25, 0.3) is 5.91 Å². The fourth-order valence-corrected chi connectivity index (χ4v) is 5.85. The third kappa shape index (κ3) is 4.05. The van der Waals surface area contributed by atoms with Gasteiger partial charge in [-0.3, -0.25) is 14.5 Å². The number of furan rings is 1. The van der Waals surface area contributed by atoms with Crippen LogP contribution in [0.15, 0.2) is 76.4 Å². The van der Waals surface area contributed by atoms with Crippen LogP contribution in [0.4, 0.5) is 5.13 Å². The first-order chi connectivity index (χ1) is 18.8. The molecule has 5 aromatic rings. The number of ketones is 1. The molecule has 0 bridgehead atoms. The standard InChI is InChI=1S/C28H19ClN2O7S/c1-36-17-7-8-18-21(12-17)39-28(30-18)31-23(13-3-5-16(32)6-4-13)22(25(34)27(31)35)24(33)19-10-14-9-15(29)11-20(37-2)26(14)38-19/h3-12,23,32,34H,1-2H3. The van der Waals surface area contributed by atoms with Gasteiger partial charge < -0.3 is 24.1 Å². The first-order valence-electron chi connectivity index (χ1n) is 11.6. The Balaban J connectivity index is 1.50. The molecular formula is C28H19ClN2O7S. The van der Waals surface area contributed by atoms with Gasteiger partial charge in [0.05, 0.1) is 36.1 Å². The molecule has 0 fully saturated rings. The molecule has 1 aliphatic heterocycles. The lowest BCUT2D eigenvalue weighted by atomic mass is 9.95. The summed E-state index contributed by atoms with van der Waals surface area (Å²) in [5, 5.41) is 22.1. The number of nitrogens with zero attached hydrogens (tertiary/aromatic N) is 2. The van der Waals surface area contributed by atoms with E-state index in [1.807, 2.05) is 0 Å². The number of fused-ring (bicyclic) bond motifs is 2. The third-order valence-corrected chi connectivity index (χ3v) is 7.68. The molecule has 1 aliphatic rings. The lowest BCUT2D eigenvalue weighted by Gasteiger charge is -2.24. The molecule has 39 heavy (non-hydrogen) atoms. The Bertz CT molecular complexity index is 1820. The summed E-state index contributed by atoms with van der Waals surface area (Å²) in [7, 11) is 3.00. The lowest BCUT2D eigenvalue weighted by molar-refractivity contribution is -0.117. The van der Waals surface area contributed by atoms with Gasteiger partial charge in [-0.1, -0.05) is 35.1 Å². The van der Waals surface area contributed by atoms with Crippen LogP contribution in [0.1, 0.15) is 22.2 Å². The highest BCUT2D eigenvalue weighted by molar-refractivity contribution is 7.22. The summed E-state index contributed by atoms with van der Waals surface area (Å²) in [6, 6.07) is 14.9. The van der Waals surface area contributed by atoms with Crippen LogP contribution in [-0.4, -0.2) is 41.1 Å². The van der Waals surface area contributed by atoms with E-state index in [1.54, 1.807) is 49.6 Å². The van der Waals surface area contributed by atoms with E-state index in [1.165, 1.54) is 41.5 Å². The Morgan fingerprint density at radius 1 is 1.05 bits per heavy atom. The number of anilines is 1. The van der Waals surface area contributed by atoms with Crippen LogP contribution in [0.25, 0.3) is 21.2 Å². The van der Waals surface area contributed by atoms with E-state index in [0.717, 1.165) is 4.70 Å². The molecule has 0 aliphatic carbocycles. The Labute approximate surface area is 230 Å². The van der Waals surface area contributed by atoms with Crippen LogP contribution in [-0.2, 0) is 4.79 Å². The van der Waals surface area contributed by atoms with Crippen molar-refractivity contribution in [1.29, 1.82) is 0 Å². The monoisotopic (exact) mass is 562 g/mol. The van der Waals surface area contributed by atoms with Gasteiger partial charge in [-0.25, -0.2) is 4.98 Å². The fraction of sp³-hybridized carbons (Fsp3) is 0.107. The average Bonchev–Trinajstić information content (AvgIpc) is 3.62. The molecule has 2 N–H and O–H groups in total. The summed E-state index contributed by atoms with van der Waals surface area (Å²) in [4.78, 5) is 33.3. The van der Waals surface area contributed by atoms with Crippen molar-refractivity contribution in [3.05, 3.63) is 88.3 Å². The van der Waals surface area contributed by atoms with E-state index in [2.05, 4.69) is 4.98 Å². The van der Waals surface area contributed by atoms with Crippen molar-refractivity contribution in [2.24, 2.45) is 0 Å². The van der Waals surface area contributed by atoms with Crippen LogP contribution in [0.2, 0.25) is 5.02 Å². The van der Waals surface area contributed by atoms with Crippen LogP contribution in [0.5, 0.6) is 17.2 Å². The summed E-state index contributed by atoms with van der Waals surface area (Å²) in [6.07, 6.45) is 0. The molecule has 2 aromatic heterocycles. The zero-order valence-corrected chi connectivity index (χ0v) is 22.0. The van der Waals surface area contributed by atoms with Gasteiger partial charge in [0.2, 0.25) is 5.78 Å². The van der Waals surface area contributed by atoms with Crippen molar-refractivity contribution in [1.82, 2.24) is 4.98 Å². The topological polar surface area (TPSA) is 122 Å². The van der Waals surface area contributed by atoms with Crippen molar-refractivity contribution in [3.8, 4) is 17.2 Å². The van der Waals surface area contributed by atoms with Crippen LogP contribution >= 0.6 is 22.9 Å². The summed E-state index contributed by atoms with van der Waals surface area (Å²) >= 11 is 7.39. The minimum atomic E-state index is -1.05. The number of aliphatic hydroxyl groups excluding tert-OH is 1. The number of thiazole rings is 1. The van der Waals surface area contributed by atoms with Gasteiger partial charge in [0.1, 0.15) is 11.5 Å². The number of Topliss-reactive ketones (excluding diaryl/α,β-unsaturated/α-hetero) is 1. The second kappa shape index (κ2) is 9.33. The highest BCUT2D eigenvalue weighted by Gasteiger charge is 2.46. The SMILES string of the molecule is COc1ccc2nc(N3C(=O)C(O)=C(C(=O)c4cc5cc(Cl)cc(OC)c5o4)C3c3ccc(O)cc3)sc2c1. The molecule has 0 saturated carbocycles. The largest absolute Gasteiger partial charge is 0.508 e. The first kappa shape index (κ1) is 24.8. The van der Waals surface area contributed by atoms with Gasteiger partial charge in [0, 0.05) is 16.5 Å². The number of hydrogen-bond acceptors (Lipinski definition) is 9. The molecule has 3 heterocycles. The number of halogens is 1. The number of aromatic nitrogens is 1. The molecule has 196 valence electrons. The Morgan fingerprint density at radius 2 is 1.82 bits per heavy atom. The van der Waals surface area contributed by atoms with Crippen molar-refractivity contribution >= 4 is 60.9 Å². The maximum absolute atomic E-state index is 13.9. The maximum atomic E-state index is 13.9. The van der Waals surface area contributed by atoms with Crippen LogP contribution in [0.3, 0.4) is 0 Å². The molecule has 9 nitrogen and oxygen atoms in total. The van der Waals surface area contributed by atoms with Crippen molar-refractivity contribution < 1.29 is 33.7 Å². The van der Waals surface area contributed by atoms with Gasteiger partial charge >= 0.3 is 0 Å². The van der Waals surface area contributed by atoms with Gasteiger partial charge in [-0.15, -0.1) is 0 Å². The number of hydrogen-bond donors (Lipinski definition) is 2. The quantitative estimate of drug-likeness (QED) is 0.234. The minimum Gasteiger partial charge on any atom is -0.508 e. The van der Waals surface area contributed by atoms with Gasteiger partial charge in [0.15, 0.2) is 28.0 Å². The van der Waals surface area contributed by atoms with Gasteiger partial charge in [-0.2, -0.15) is 0 Å². The Hall–Kier alpha value is -4.54. The Kier molecular flexibility index (Phi) is 5.93. The lowest BCUT2D eigenvalue weighted by Crippen LogP contribution is -2.30. The first-order valence-corrected chi connectivity index (χ1v) is 12.8. The number of phenols is 1. The molecule has 1 atom stereocenters. The van der Waals surface area contributed by atoms with Crippen LogP contribution < -0.4 is 14.4 Å². The number of phenolic OH excluding ortho intramolecular Hbond substituents is 1. The second-order valence-electron chi connectivity index (χ2n) is 8.73.